The second-order valence-electron chi connectivity index (χ2n) is 5.92. The van der Waals surface area contributed by atoms with E-state index in [1.165, 1.54) is 20.1 Å². The number of hydrogen-bond donors (Lipinski definition) is 2. The van der Waals surface area contributed by atoms with E-state index in [0.717, 1.165) is 12.1 Å². The number of nitrogens with two attached hydrogens (primary N) is 1. The van der Waals surface area contributed by atoms with Crippen molar-refractivity contribution in [3.05, 3.63) is 46.9 Å². The summed E-state index contributed by atoms with van der Waals surface area (Å²) in [4.78, 5) is 19.0. The van der Waals surface area contributed by atoms with Crippen molar-refractivity contribution in [1.82, 2.24) is 9.97 Å². The number of carboxylic acids is 1. The van der Waals surface area contributed by atoms with Crippen molar-refractivity contribution in [2.45, 2.75) is 13.1 Å². The number of fused-ring (bicyclic) bond motifs is 1. The maximum Gasteiger partial charge on any atom is 0.434 e. The summed E-state index contributed by atoms with van der Waals surface area (Å²) in [5.74, 6) is -2.78. The lowest BCUT2D eigenvalue weighted by atomic mass is 10.00. The van der Waals surface area contributed by atoms with Crippen molar-refractivity contribution in [1.29, 1.82) is 0 Å². The summed E-state index contributed by atoms with van der Waals surface area (Å²) < 4.78 is 59.0. The van der Waals surface area contributed by atoms with Gasteiger partial charge in [0.2, 0.25) is 0 Å². The van der Waals surface area contributed by atoms with Crippen LogP contribution in [0.15, 0.2) is 24.3 Å². The molecule has 1 aromatic heterocycles. The van der Waals surface area contributed by atoms with Gasteiger partial charge >= 0.3 is 12.1 Å². The molecule has 0 amide bonds. The summed E-state index contributed by atoms with van der Waals surface area (Å²) in [7, 11) is 1.18. The van der Waals surface area contributed by atoms with Crippen LogP contribution >= 0.6 is 0 Å². The van der Waals surface area contributed by atoms with Crippen molar-refractivity contribution >= 4 is 22.6 Å². The summed E-state index contributed by atoms with van der Waals surface area (Å²) >= 11 is 0. The Bertz CT molecular complexity index is 1110. The molecule has 0 saturated carbocycles. The van der Waals surface area contributed by atoms with Crippen molar-refractivity contribution in [3.8, 4) is 17.1 Å². The van der Waals surface area contributed by atoms with Gasteiger partial charge in [0, 0.05) is 10.9 Å². The van der Waals surface area contributed by atoms with Crippen LogP contribution in [-0.4, -0.2) is 28.2 Å². The molecule has 0 spiro atoms. The van der Waals surface area contributed by atoms with Crippen LogP contribution in [-0.2, 0) is 6.18 Å². The normalized spacial score (nSPS) is 11.6. The van der Waals surface area contributed by atoms with Gasteiger partial charge in [0.15, 0.2) is 17.3 Å². The zero-order chi connectivity index (χ0) is 20.8. The van der Waals surface area contributed by atoms with Crippen LogP contribution in [0.5, 0.6) is 5.75 Å². The van der Waals surface area contributed by atoms with Crippen molar-refractivity contribution < 1.29 is 32.2 Å². The summed E-state index contributed by atoms with van der Waals surface area (Å²) in [6, 6.07) is 3.98. The lowest BCUT2D eigenvalue weighted by Crippen LogP contribution is -2.12. The molecule has 0 bridgehead atoms. The van der Waals surface area contributed by atoms with E-state index in [-0.39, 0.29) is 39.5 Å². The molecule has 0 saturated heterocycles. The molecular weight excluding hydrogens is 382 g/mol. The third-order valence-corrected chi connectivity index (χ3v) is 4.10. The Morgan fingerprint density at radius 3 is 2.46 bits per heavy atom. The van der Waals surface area contributed by atoms with Crippen molar-refractivity contribution in [3.63, 3.8) is 0 Å². The van der Waals surface area contributed by atoms with Crippen LogP contribution < -0.4 is 10.5 Å². The third kappa shape index (κ3) is 3.17. The number of nitrogens with zero attached hydrogens (tertiary/aromatic N) is 2. The Morgan fingerprint density at radius 1 is 1.21 bits per heavy atom. The van der Waals surface area contributed by atoms with Crippen LogP contribution in [0.25, 0.3) is 22.3 Å². The lowest BCUT2D eigenvalue weighted by molar-refractivity contribution is -0.139. The quantitative estimate of drug-likeness (QED) is 0.513. The van der Waals surface area contributed by atoms with Gasteiger partial charge in [0.1, 0.15) is 11.4 Å². The first-order valence-electron chi connectivity index (χ1n) is 7.79. The van der Waals surface area contributed by atoms with Gasteiger partial charge < -0.3 is 15.6 Å². The zero-order valence-electron chi connectivity index (χ0n) is 14.6. The maximum absolute atomic E-state index is 13.5. The maximum atomic E-state index is 13.5. The van der Waals surface area contributed by atoms with Gasteiger partial charge in [-0.3, -0.25) is 0 Å². The minimum absolute atomic E-state index is 0.00132. The van der Waals surface area contributed by atoms with Crippen LogP contribution in [0.4, 0.5) is 23.2 Å². The number of aromatic carboxylic acids is 1. The predicted octanol–water partition coefficient (Wildman–Crippen LogP) is 4.05. The zero-order valence-corrected chi connectivity index (χ0v) is 14.6. The number of halogens is 4. The number of anilines is 1. The highest BCUT2D eigenvalue weighted by Gasteiger charge is 2.36. The van der Waals surface area contributed by atoms with E-state index >= 15 is 0 Å². The number of alkyl halides is 3. The molecular formula is C18H13F4N3O3. The first-order valence-corrected chi connectivity index (χ1v) is 7.79. The smallest absolute Gasteiger partial charge is 0.434 e. The number of carbonyl (C=O) groups is 1. The Balaban J connectivity index is 2.39. The third-order valence-electron chi connectivity index (χ3n) is 4.10. The average molecular weight is 395 g/mol. The standard InChI is InChI=1S/C18H13F4N3O3/c1-7-5-10(17(26)27)14(28-2)13(23)12(7)16-24-11-4-3-8(19)6-9(11)15(25-16)18(20,21)22/h3-6H,23H2,1-2H3,(H,26,27). The molecule has 3 rings (SSSR count). The van der Waals surface area contributed by atoms with Crippen LogP contribution in [0.3, 0.4) is 0 Å². The summed E-state index contributed by atoms with van der Waals surface area (Å²) in [5, 5.41) is 8.78. The molecule has 0 radical (unpaired) electrons. The Kier molecular flexibility index (Phi) is 4.58. The van der Waals surface area contributed by atoms with Crippen LogP contribution in [0.2, 0.25) is 0 Å². The van der Waals surface area contributed by atoms with E-state index in [2.05, 4.69) is 9.97 Å². The van der Waals surface area contributed by atoms with Crippen molar-refractivity contribution in [2.24, 2.45) is 0 Å². The van der Waals surface area contributed by atoms with Gasteiger partial charge in [-0.05, 0) is 36.8 Å². The Labute approximate surface area is 155 Å². The molecule has 1 heterocycles. The van der Waals surface area contributed by atoms with Crippen LogP contribution in [0, 0.1) is 12.7 Å². The van der Waals surface area contributed by atoms with Crippen LogP contribution in [0.1, 0.15) is 21.6 Å². The number of carboxylic acid groups (broad SMARTS) is 1. The molecule has 10 heteroatoms. The number of ether oxygens (including phenoxy) is 1. The summed E-state index contributed by atoms with van der Waals surface area (Å²) in [6.07, 6.45) is -4.88. The molecule has 3 aromatic rings. The number of aryl methyl sites for hydroxylation is 1. The number of hydrogen-bond acceptors (Lipinski definition) is 5. The first kappa shape index (κ1) is 19.3. The van der Waals surface area contributed by atoms with Crippen molar-refractivity contribution in [2.75, 3.05) is 12.8 Å². The molecule has 0 aliphatic heterocycles. The molecule has 0 aliphatic carbocycles. The van der Waals surface area contributed by atoms with Gasteiger partial charge in [-0.2, -0.15) is 13.2 Å². The van der Waals surface area contributed by atoms with E-state index < -0.39 is 29.0 Å². The topological polar surface area (TPSA) is 98.3 Å². The molecule has 0 unspecified atom stereocenters. The second-order valence-corrected chi connectivity index (χ2v) is 5.92. The SMILES string of the molecule is COc1c(C(=O)O)cc(C)c(-c2nc(C(F)(F)F)c3cc(F)ccc3n2)c1N. The van der Waals surface area contributed by atoms with E-state index in [1.807, 2.05) is 0 Å². The number of rotatable bonds is 3. The van der Waals surface area contributed by atoms with Gasteiger partial charge in [-0.25, -0.2) is 19.2 Å². The minimum atomic E-state index is -4.88. The number of nitrogen functional groups attached to an aromatic ring is 1. The largest absolute Gasteiger partial charge is 0.494 e. The Hall–Kier alpha value is -3.43. The average Bonchev–Trinajstić information content (AvgIpc) is 2.59. The van der Waals surface area contributed by atoms with E-state index in [0.29, 0.717) is 6.07 Å². The lowest BCUT2D eigenvalue weighted by Gasteiger charge is -2.17. The molecule has 2 aromatic carbocycles. The summed E-state index contributed by atoms with van der Waals surface area (Å²) in [5.41, 5.74) is 4.29. The van der Waals surface area contributed by atoms with E-state index in [9.17, 15) is 27.5 Å². The molecule has 28 heavy (non-hydrogen) atoms. The fourth-order valence-corrected chi connectivity index (χ4v) is 2.93. The highest BCUT2D eigenvalue weighted by molar-refractivity contribution is 5.97. The van der Waals surface area contributed by atoms with E-state index in [4.69, 9.17) is 10.5 Å². The first-order chi connectivity index (χ1) is 13.0. The molecule has 146 valence electrons. The van der Waals surface area contributed by atoms with Gasteiger partial charge in [0.05, 0.1) is 18.3 Å². The molecule has 0 fully saturated rings. The molecule has 3 N–H and O–H groups in total. The number of methoxy groups -OCH3 is 1. The monoisotopic (exact) mass is 395 g/mol. The molecule has 6 nitrogen and oxygen atoms in total. The minimum Gasteiger partial charge on any atom is -0.494 e. The van der Waals surface area contributed by atoms with Gasteiger partial charge in [-0.1, -0.05) is 0 Å². The van der Waals surface area contributed by atoms with Gasteiger partial charge in [0.25, 0.3) is 0 Å². The summed E-state index contributed by atoms with van der Waals surface area (Å²) in [6.45, 7) is 1.46. The Morgan fingerprint density at radius 2 is 1.89 bits per heavy atom. The molecule has 0 aliphatic rings. The van der Waals surface area contributed by atoms with Gasteiger partial charge in [-0.15, -0.1) is 0 Å². The fraction of sp³-hybridized carbons (Fsp3) is 0.167. The molecule has 0 atom stereocenters. The second kappa shape index (κ2) is 6.63. The van der Waals surface area contributed by atoms with E-state index in [1.54, 1.807) is 0 Å². The predicted molar refractivity (Wildman–Crippen MR) is 92.6 cm³/mol. The highest BCUT2D eigenvalue weighted by atomic mass is 19.4. The fourth-order valence-electron chi connectivity index (χ4n) is 2.93. The highest BCUT2D eigenvalue weighted by Crippen LogP contribution is 2.40. The number of aromatic nitrogens is 2. The number of benzene rings is 2.